The Morgan fingerprint density at radius 1 is 1.40 bits per heavy atom. The van der Waals surface area contributed by atoms with Gasteiger partial charge in [-0.05, 0) is 74.4 Å². The summed E-state index contributed by atoms with van der Waals surface area (Å²) in [7, 11) is 0. The van der Waals surface area contributed by atoms with Gasteiger partial charge in [-0.15, -0.1) is 0 Å². The molecule has 110 valence electrons. The van der Waals surface area contributed by atoms with Crippen LogP contribution in [-0.2, 0) is 4.79 Å². The van der Waals surface area contributed by atoms with Gasteiger partial charge in [0.15, 0.2) is 0 Å². The fourth-order valence-corrected chi connectivity index (χ4v) is 3.95. The summed E-state index contributed by atoms with van der Waals surface area (Å²) in [5, 5.41) is 3.69. The van der Waals surface area contributed by atoms with Crippen LogP contribution < -0.4 is 5.32 Å². The summed E-state index contributed by atoms with van der Waals surface area (Å²) in [6.45, 7) is 6.37. The molecule has 5 heteroatoms. The highest BCUT2D eigenvalue weighted by molar-refractivity contribution is 14.1. The molecule has 1 fully saturated rings. The van der Waals surface area contributed by atoms with Crippen molar-refractivity contribution in [2.75, 3.05) is 5.32 Å². The van der Waals surface area contributed by atoms with E-state index in [0.717, 1.165) is 22.1 Å². The molecule has 1 aliphatic heterocycles. The second-order valence-corrected chi connectivity index (χ2v) is 7.11. The normalized spacial score (nSPS) is 24.6. The molecule has 1 saturated heterocycles. The minimum Gasteiger partial charge on any atom is -0.324 e. The first-order chi connectivity index (χ1) is 9.40. The molecule has 3 unspecified atom stereocenters. The number of nitrogens with one attached hydrogen (secondary N) is 1. The van der Waals surface area contributed by atoms with E-state index >= 15 is 0 Å². The van der Waals surface area contributed by atoms with Crippen molar-refractivity contribution in [1.29, 1.82) is 0 Å². The molecular formula is C15H20ClIN2O. The molecule has 1 aliphatic rings. The van der Waals surface area contributed by atoms with Crippen molar-refractivity contribution in [2.45, 2.75) is 51.7 Å². The van der Waals surface area contributed by atoms with Gasteiger partial charge in [-0.3, -0.25) is 9.69 Å². The number of hydrogen-bond donors (Lipinski definition) is 1. The van der Waals surface area contributed by atoms with Crippen LogP contribution in [0.25, 0.3) is 0 Å². The Labute approximate surface area is 139 Å². The van der Waals surface area contributed by atoms with E-state index in [1.54, 1.807) is 6.07 Å². The predicted octanol–water partition coefficient (Wildman–Crippen LogP) is 4.14. The minimum absolute atomic E-state index is 0.0471. The third-order valence-electron chi connectivity index (χ3n) is 4.04. The van der Waals surface area contributed by atoms with Gasteiger partial charge in [-0.25, -0.2) is 0 Å². The number of carbonyl (C=O) groups is 1. The number of benzene rings is 1. The average molecular weight is 407 g/mol. The standard InChI is InChI=1S/C15H20ClIN2O/c1-9-4-5-10(2)19(9)11(3)15(20)18-14-7-6-12(16)8-13(14)17/h6-11H,4-5H2,1-3H3,(H,18,20). The zero-order chi connectivity index (χ0) is 14.9. The molecule has 1 aromatic rings. The number of likely N-dealkylation sites (tertiary alicyclic amines) is 1. The molecule has 1 N–H and O–H groups in total. The molecule has 0 aliphatic carbocycles. The van der Waals surface area contributed by atoms with Crippen molar-refractivity contribution in [1.82, 2.24) is 4.90 Å². The highest BCUT2D eigenvalue weighted by Gasteiger charge is 2.34. The van der Waals surface area contributed by atoms with Crippen molar-refractivity contribution < 1.29 is 4.79 Å². The van der Waals surface area contributed by atoms with E-state index in [2.05, 4.69) is 46.7 Å². The molecule has 3 nitrogen and oxygen atoms in total. The van der Waals surface area contributed by atoms with Crippen LogP contribution >= 0.6 is 34.2 Å². The van der Waals surface area contributed by atoms with E-state index in [9.17, 15) is 4.79 Å². The van der Waals surface area contributed by atoms with Gasteiger partial charge in [0.25, 0.3) is 0 Å². The number of halogens is 2. The Kier molecular flexibility index (Phi) is 5.31. The first-order valence-corrected chi connectivity index (χ1v) is 8.39. The smallest absolute Gasteiger partial charge is 0.241 e. The van der Waals surface area contributed by atoms with E-state index in [-0.39, 0.29) is 11.9 Å². The lowest BCUT2D eigenvalue weighted by Crippen LogP contribution is -2.46. The number of rotatable bonds is 3. The fourth-order valence-electron chi connectivity index (χ4n) is 2.94. The third-order valence-corrected chi connectivity index (χ3v) is 5.16. The van der Waals surface area contributed by atoms with Crippen LogP contribution in [0.5, 0.6) is 0 Å². The second kappa shape index (κ2) is 6.62. The van der Waals surface area contributed by atoms with E-state index < -0.39 is 0 Å². The van der Waals surface area contributed by atoms with Crippen LogP contribution in [0.3, 0.4) is 0 Å². The lowest BCUT2D eigenvalue weighted by molar-refractivity contribution is -0.121. The van der Waals surface area contributed by atoms with Gasteiger partial charge in [-0.2, -0.15) is 0 Å². The predicted molar refractivity (Wildman–Crippen MR) is 92.3 cm³/mol. The van der Waals surface area contributed by atoms with Crippen LogP contribution in [0, 0.1) is 3.57 Å². The Balaban J connectivity index is 2.07. The topological polar surface area (TPSA) is 32.3 Å². The molecule has 1 heterocycles. The van der Waals surface area contributed by atoms with Crippen LogP contribution in [0.2, 0.25) is 5.02 Å². The minimum atomic E-state index is -0.117. The first-order valence-electron chi connectivity index (χ1n) is 6.93. The number of nitrogens with zero attached hydrogens (tertiary/aromatic N) is 1. The van der Waals surface area contributed by atoms with E-state index in [1.807, 2.05) is 19.1 Å². The number of carbonyl (C=O) groups excluding carboxylic acids is 1. The van der Waals surface area contributed by atoms with Crippen LogP contribution in [-0.4, -0.2) is 28.9 Å². The Morgan fingerprint density at radius 3 is 2.55 bits per heavy atom. The molecule has 0 radical (unpaired) electrons. The highest BCUT2D eigenvalue weighted by Crippen LogP contribution is 2.27. The zero-order valence-electron chi connectivity index (χ0n) is 12.0. The summed E-state index contributed by atoms with van der Waals surface area (Å²) in [5.74, 6) is 0.0471. The lowest BCUT2D eigenvalue weighted by Gasteiger charge is -2.31. The van der Waals surface area contributed by atoms with Crippen LogP contribution in [0.1, 0.15) is 33.6 Å². The summed E-state index contributed by atoms with van der Waals surface area (Å²) in [6.07, 6.45) is 2.33. The van der Waals surface area contributed by atoms with Crippen molar-refractivity contribution >= 4 is 45.8 Å². The SMILES string of the molecule is CC1CCC(C)N1C(C)C(=O)Nc1ccc(Cl)cc1I. The third kappa shape index (κ3) is 3.46. The largest absolute Gasteiger partial charge is 0.324 e. The maximum atomic E-state index is 12.4. The van der Waals surface area contributed by atoms with Gasteiger partial charge in [0.1, 0.15) is 0 Å². The summed E-state index contributed by atoms with van der Waals surface area (Å²) in [6, 6.07) is 6.32. The van der Waals surface area contributed by atoms with Crippen molar-refractivity contribution in [3.05, 3.63) is 26.8 Å². The molecule has 3 atom stereocenters. The van der Waals surface area contributed by atoms with Gasteiger partial charge in [0.05, 0.1) is 11.7 Å². The number of hydrogen-bond acceptors (Lipinski definition) is 2. The Bertz CT molecular complexity index is 499. The van der Waals surface area contributed by atoms with Crippen LogP contribution in [0.15, 0.2) is 18.2 Å². The maximum Gasteiger partial charge on any atom is 0.241 e. The van der Waals surface area contributed by atoms with Gasteiger partial charge in [-0.1, -0.05) is 11.6 Å². The Hall–Kier alpha value is -0.330. The van der Waals surface area contributed by atoms with E-state index in [0.29, 0.717) is 17.1 Å². The molecule has 0 aromatic heterocycles. The van der Waals surface area contributed by atoms with Gasteiger partial charge < -0.3 is 5.32 Å². The first kappa shape index (κ1) is 16.0. The molecule has 2 rings (SSSR count). The molecular weight excluding hydrogens is 387 g/mol. The quantitative estimate of drug-likeness (QED) is 0.765. The van der Waals surface area contributed by atoms with Gasteiger partial charge in [0, 0.05) is 20.7 Å². The van der Waals surface area contributed by atoms with Crippen molar-refractivity contribution in [2.24, 2.45) is 0 Å². The molecule has 0 spiro atoms. The molecule has 20 heavy (non-hydrogen) atoms. The summed E-state index contributed by atoms with van der Waals surface area (Å²) in [4.78, 5) is 14.7. The summed E-state index contributed by atoms with van der Waals surface area (Å²) in [5.41, 5.74) is 0.825. The van der Waals surface area contributed by atoms with E-state index in [4.69, 9.17) is 11.6 Å². The van der Waals surface area contributed by atoms with Crippen molar-refractivity contribution in [3.8, 4) is 0 Å². The molecule has 0 bridgehead atoms. The second-order valence-electron chi connectivity index (χ2n) is 5.51. The number of anilines is 1. The molecule has 0 saturated carbocycles. The van der Waals surface area contributed by atoms with Crippen LogP contribution in [0.4, 0.5) is 5.69 Å². The summed E-state index contributed by atoms with van der Waals surface area (Å²) >= 11 is 8.12. The van der Waals surface area contributed by atoms with Gasteiger partial charge in [0.2, 0.25) is 5.91 Å². The zero-order valence-corrected chi connectivity index (χ0v) is 14.9. The fraction of sp³-hybridized carbons (Fsp3) is 0.533. The van der Waals surface area contributed by atoms with E-state index in [1.165, 1.54) is 0 Å². The Morgan fingerprint density at radius 2 is 2.00 bits per heavy atom. The maximum absolute atomic E-state index is 12.4. The highest BCUT2D eigenvalue weighted by atomic mass is 127. The average Bonchev–Trinajstić information content (AvgIpc) is 2.71. The molecule has 1 amide bonds. The van der Waals surface area contributed by atoms with Crippen molar-refractivity contribution in [3.63, 3.8) is 0 Å². The summed E-state index contributed by atoms with van der Waals surface area (Å²) < 4.78 is 0.957. The monoisotopic (exact) mass is 406 g/mol. The lowest BCUT2D eigenvalue weighted by atomic mass is 10.2. The number of amides is 1. The van der Waals surface area contributed by atoms with Gasteiger partial charge >= 0.3 is 0 Å². The molecule has 1 aromatic carbocycles.